The summed E-state index contributed by atoms with van der Waals surface area (Å²) in [5.41, 5.74) is 1.64. The van der Waals surface area contributed by atoms with E-state index in [2.05, 4.69) is 0 Å². The van der Waals surface area contributed by atoms with Gasteiger partial charge in [0.1, 0.15) is 5.70 Å². The van der Waals surface area contributed by atoms with E-state index in [1.807, 2.05) is 13.0 Å². The Balaban J connectivity index is 1.97. The Morgan fingerprint density at radius 1 is 1.06 bits per heavy atom. The van der Waals surface area contributed by atoms with Crippen molar-refractivity contribution in [2.75, 3.05) is 31.7 Å². The number of hydrogen-bond donors (Lipinski definition) is 1. The van der Waals surface area contributed by atoms with Crippen molar-refractivity contribution in [2.24, 2.45) is 0 Å². The Kier molecular flexibility index (Phi) is 7.20. The molecule has 3 rings (SSSR count). The summed E-state index contributed by atoms with van der Waals surface area (Å²) in [5.74, 6) is -1.48. The molecule has 2 aromatic carbocycles. The smallest absolute Gasteiger partial charge is 0.338 e. The number of imide groups is 1. The second-order valence-corrected chi connectivity index (χ2v) is 7.22. The molecule has 162 valence electrons. The molecule has 0 saturated carbocycles. The van der Waals surface area contributed by atoms with Gasteiger partial charge in [0.15, 0.2) is 0 Å². The van der Waals surface area contributed by atoms with Crippen LogP contribution in [-0.2, 0) is 14.3 Å². The van der Waals surface area contributed by atoms with Crippen LogP contribution in [-0.4, -0.2) is 54.6 Å². The molecule has 0 saturated heterocycles. The summed E-state index contributed by atoms with van der Waals surface area (Å²) >= 11 is 0. The minimum atomic E-state index is -0.503. The van der Waals surface area contributed by atoms with E-state index in [0.717, 1.165) is 17.7 Å². The molecule has 0 unspecified atom stereocenters. The molecule has 0 atom stereocenters. The topological polar surface area (TPSA) is 87.2 Å². The van der Waals surface area contributed by atoms with Crippen LogP contribution in [0.25, 0.3) is 5.57 Å². The molecular weight excluding hydrogens is 396 g/mol. The Labute approximate surface area is 181 Å². The lowest BCUT2D eigenvalue weighted by Crippen LogP contribution is -2.35. The largest absolute Gasteiger partial charge is 0.462 e. The van der Waals surface area contributed by atoms with Gasteiger partial charge in [-0.05, 0) is 30.2 Å². The van der Waals surface area contributed by atoms with Gasteiger partial charge in [-0.2, -0.15) is 0 Å². The van der Waals surface area contributed by atoms with Crippen molar-refractivity contribution in [3.05, 3.63) is 71.4 Å². The van der Waals surface area contributed by atoms with Crippen LogP contribution in [0, 0.1) is 0 Å². The van der Waals surface area contributed by atoms with E-state index in [1.165, 1.54) is 6.07 Å². The number of likely N-dealkylation sites (N-methyl/N-ethyl adjacent to an activating group) is 1. The zero-order valence-corrected chi connectivity index (χ0v) is 17.7. The summed E-state index contributed by atoms with van der Waals surface area (Å²) in [5, 5.41) is 9.35. The number of esters is 1. The Morgan fingerprint density at radius 3 is 2.48 bits per heavy atom. The molecule has 1 aliphatic rings. The SMILES string of the molecule is CCCCOC(=O)c1cccc(N2C(=O)C(c3ccccc3)=C(N(C)CCO)C2=O)c1. The van der Waals surface area contributed by atoms with Crippen LogP contribution in [0.3, 0.4) is 0 Å². The van der Waals surface area contributed by atoms with Crippen LogP contribution >= 0.6 is 0 Å². The molecule has 0 aromatic heterocycles. The quantitative estimate of drug-likeness (QED) is 0.380. The number of carbonyl (C=O) groups excluding carboxylic acids is 3. The van der Waals surface area contributed by atoms with E-state index >= 15 is 0 Å². The summed E-state index contributed by atoms with van der Waals surface area (Å²) < 4.78 is 5.25. The highest BCUT2D eigenvalue weighted by molar-refractivity contribution is 6.45. The minimum absolute atomic E-state index is 0.164. The van der Waals surface area contributed by atoms with E-state index in [1.54, 1.807) is 54.4 Å². The molecule has 2 aromatic rings. The van der Waals surface area contributed by atoms with Gasteiger partial charge in [0.2, 0.25) is 0 Å². The van der Waals surface area contributed by atoms with Crippen molar-refractivity contribution >= 4 is 29.0 Å². The second-order valence-electron chi connectivity index (χ2n) is 7.22. The Bertz CT molecular complexity index is 1000. The predicted molar refractivity (Wildman–Crippen MR) is 117 cm³/mol. The van der Waals surface area contributed by atoms with Crippen LogP contribution < -0.4 is 4.90 Å². The maximum absolute atomic E-state index is 13.4. The molecule has 1 N–H and O–H groups in total. The maximum atomic E-state index is 13.4. The molecule has 2 amide bonds. The summed E-state index contributed by atoms with van der Waals surface area (Å²) in [6.07, 6.45) is 1.67. The molecular formula is C24H26N2O5. The van der Waals surface area contributed by atoms with Gasteiger partial charge in [-0.3, -0.25) is 9.59 Å². The third-order valence-electron chi connectivity index (χ3n) is 5.01. The number of carbonyl (C=O) groups is 3. The molecule has 0 fully saturated rings. The molecule has 0 radical (unpaired) electrons. The monoisotopic (exact) mass is 422 g/mol. The lowest BCUT2D eigenvalue weighted by molar-refractivity contribution is -0.120. The number of ether oxygens (including phenoxy) is 1. The number of benzene rings is 2. The number of aliphatic hydroxyl groups excluding tert-OH is 1. The van der Waals surface area contributed by atoms with Crippen LogP contribution in [0.2, 0.25) is 0 Å². The summed E-state index contributed by atoms with van der Waals surface area (Å²) in [4.78, 5) is 41.7. The zero-order chi connectivity index (χ0) is 22.4. The number of nitrogens with zero attached hydrogens (tertiary/aromatic N) is 2. The highest BCUT2D eigenvalue weighted by Crippen LogP contribution is 2.34. The standard InChI is InChI=1S/C24H26N2O5/c1-3-4-15-31-24(30)18-11-8-12-19(16-18)26-22(28)20(17-9-6-5-7-10-17)21(23(26)29)25(2)13-14-27/h5-12,16,27H,3-4,13-15H2,1-2H3. The fourth-order valence-corrected chi connectivity index (χ4v) is 3.40. The van der Waals surface area contributed by atoms with Crippen LogP contribution in [0.5, 0.6) is 0 Å². The fraction of sp³-hybridized carbons (Fsp3) is 0.292. The van der Waals surface area contributed by atoms with Crippen molar-refractivity contribution in [3.63, 3.8) is 0 Å². The Morgan fingerprint density at radius 2 is 1.81 bits per heavy atom. The number of anilines is 1. The van der Waals surface area contributed by atoms with Crippen molar-refractivity contribution in [1.29, 1.82) is 0 Å². The first kappa shape index (κ1) is 22.2. The van der Waals surface area contributed by atoms with E-state index in [0.29, 0.717) is 17.9 Å². The molecule has 7 nitrogen and oxygen atoms in total. The van der Waals surface area contributed by atoms with Crippen LogP contribution in [0.15, 0.2) is 60.3 Å². The van der Waals surface area contributed by atoms with Crippen molar-refractivity contribution < 1.29 is 24.2 Å². The van der Waals surface area contributed by atoms with Gasteiger partial charge in [-0.15, -0.1) is 0 Å². The molecule has 31 heavy (non-hydrogen) atoms. The molecule has 0 aliphatic carbocycles. The highest BCUT2D eigenvalue weighted by atomic mass is 16.5. The second kappa shape index (κ2) is 10.0. The lowest BCUT2D eigenvalue weighted by Gasteiger charge is -2.20. The number of aliphatic hydroxyl groups is 1. The van der Waals surface area contributed by atoms with Gasteiger partial charge in [-0.25, -0.2) is 9.69 Å². The van der Waals surface area contributed by atoms with E-state index < -0.39 is 17.8 Å². The van der Waals surface area contributed by atoms with Crippen LogP contribution in [0.4, 0.5) is 5.69 Å². The minimum Gasteiger partial charge on any atom is -0.462 e. The number of amides is 2. The summed E-state index contributed by atoms with van der Waals surface area (Å²) in [7, 11) is 1.66. The highest BCUT2D eigenvalue weighted by Gasteiger charge is 2.41. The maximum Gasteiger partial charge on any atom is 0.338 e. The summed E-state index contributed by atoms with van der Waals surface area (Å²) in [6.45, 7) is 2.35. The Hall–Kier alpha value is -3.45. The van der Waals surface area contributed by atoms with E-state index in [4.69, 9.17) is 4.74 Å². The average molecular weight is 422 g/mol. The summed E-state index contributed by atoms with van der Waals surface area (Å²) in [6, 6.07) is 15.2. The van der Waals surface area contributed by atoms with Gasteiger partial charge in [0.25, 0.3) is 11.8 Å². The molecule has 1 aliphatic heterocycles. The molecule has 7 heteroatoms. The van der Waals surface area contributed by atoms with Crippen molar-refractivity contribution in [1.82, 2.24) is 4.90 Å². The molecule has 0 spiro atoms. The number of unbranched alkanes of at least 4 members (excludes halogenated alkanes) is 1. The molecule has 0 bridgehead atoms. The van der Waals surface area contributed by atoms with Gasteiger partial charge in [0, 0.05) is 13.6 Å². The lowest BCUT2D eigenvalue weighted by atomic mass is 10.0. The zero-order valence-electron chi connectivity index (χ0n) is 17.7. The molecule has 1 heterocycles. The van der Waals surface area contributed by atoms with E-state index in [-0.39, 0.29) is 30.0 Å². The van der Waals surface area contributed by atoms with Crippen molar-refractivity contribution in [2.45, 2.75) is 19.8 Å². The third kappa shape index (κ3) is 4.67. The third-order valence-corrected chi connectivity index (χ3v) is 5.01. The fourth-order valence-electron chi connectivity index (χ4n) is 3.40. The average Bonchev–Trinajstić information content (AvgIpc) is 3.04. The first-order valence-electron chi connectivity index (χ1n) is 10.3. The first-order valence-corrected chi connectivity index (χ1v) is 10.3. The first-order chi connectivity index (χ1) is 15.0. The number of hydrogen-bond acceptors (Lipinski definition) is 6. The van der Waals surface area contributed by atoms with Crippen LogP contribution in [0.1, 0.15) is 35.7 Å². The van der Waals surface area contributed by atoms with Crippen molar-refractivity contribution in [3.8, 4) is 0 Å². The van der Waals surface area contributed by atoms with Gasteiger partial charge in [0.05, 0.1) is 30.0 Å². The number of rotatable bonds is 9. The normalized spacial score (nSPS) is 13.7. The predicted octanol–water partition coefficient (Wildman–Crippen LogP) is 2.85. The van der Waals surface area contributed by atoms with Gasteiger partial charge in [-0.1, -0.05) is 49.7 Å². The van der Waals surface area contributed by atoms with Gasteiger partial charge >= 0.3 is 5.97 Å². The van der Waals surface area contributed by atoms with Gasteiger partial charge < -0.3 is 14.7 Å². The van der Waals surface area contributed by atoms with E-state index in [9.17, 15) is 19.5 Å².